The van der Waals surface area contributed by atoms with Gasteiger partial charge in [-0.15, -0.1) is 0 Å². The molecule has 4 N–H and O–H groups in total. The standard InChI is InChI=1S/C12H14N2O2/c1-7-12(9(13)6-11(15)16)8-4-2-3-5-10(8)14-7/h2-5,9,14H,6,13H2,1H3,(H,15,16)/t9-/m1/s1. The van der Waals surface area contributed by atoms with Crippen molar-refractivity contribution < 1.29 is 9.90 Å². The van der Waals surface area contributed by atoms with Crippen molar-refractivity contribution in [3.05, 3.63) is 35.5 Å². The minimum absolute atomic E-state index is 0.0529. The number of aromatic nitrogens is 1. The maximum Gasteiger partial charge on any atom is 0.305 e. The number of fused-ring (bicyclic) bond motifs is 1. The summed E-state index contributed by atoms with van der Waals surface area (Å²) in [6.45, 7) is 1.91. The van der Waals surface area contributed by atoms with E-state index in [0.717, 1.165) is 22.2 Å². The van der Waals surface area contributed by atoms with Gasteiger partial charge in [-0.2, -0.15) is 0 Å². The van der Waals surface area contributed by atoms with Crippen LogP contribution in [0.15, 0.2) is 24.3 Å². The molecule has 2 rings (SSSR count). The third-order valence-corrected chi connectivity index (χ3v) is 2.71. The molecule has 0 aliphatic carbocycles. The van der Waals surface area contributed by atoms with Crippen molar-refractivity contribution in [2.75, 3.05) is 0 Å². The molecular weight excluding hydrogens is 204 g/mol. The molecule has 0 fully saturated rings. The van der Waals surface area contributed by atoms with Crippen LogP contribution in [0.2, 0.25) is 0 Å². The number of aliphatic carboxylic acids is 1. The zero-order valence-electron chi connectivity index (χ0n) is 9.03. The molecule has 1 atom stereocenters. The maximum atomic E-state index is 10.7. The minimum atomic E-state index is -0.878. The highest BCUT2D eigenvalue weighted by molar-refractivity contribution is 5.85. The fourth-order valence-electron chi connectivity index (χ4n) is 2.07. The minimum Gasteiger partial charge on any atom is -0.481 e. The number of nitrogens with two attached hydrogens (primary N) is 1. The number of carboxylic acids is 1. The molecule has 4 nitrogen and oxygen atoms in total. The average Bonchev–Trinajstić information content (AvgIpc) is 2.52. The summed E-state index contributed by atoms with van der Waals surface area (Å²) in [5, 5.41) is 9.76. The summed E-state index contributed by atoms with van der Waals surface area (Å²) in [5.41, 5.74) is 8.74. The molecule has 0 saturated carbocycles. The van der Waals surface area contributed by atoms with Gasteiger partial charge in [0.05, 0.1) is 6.42 Å². The maximum absolute atomic E-state index is 10.7. The molecule has 0 amide bonds. The van der Waals surface area contributed by atoms with E-state index in [4.69, 9.17) is 10.8 Å². The predicted molar refractivity (Wildman–Crippen MR) is 62.2 cm³/mol. The van der Waals surface area contributed by atoms with Gasteiger partial charge in [0.25, 0.3) is 0 Å². The van der Waals surface area contributed by atoms with Gasteiger partial charge in [-0.3, -0.25) is 4.79 Å². The molecule has 1 aromatic heterocycles. The van der Waals surface area contributed by atoms with Crippen molar-refractivity contribution in [2.24, 2.45) is 5.73 Å². The first-order chi connectivity index (χ1) is 7.59. The van der Waals surface area contributed by atoms with Crippen LogP contribution in [0.1, 0.15) is 23.7 Å². The number of carbonyl (C=O) groups is 1. The van der Waals surface area contributed by atoms with Crippen LogP contribution in [-0.4, -0.2) is 16.1 Å². The Kier molecular flexibility index (Phi) is 2.66. The first kappa shape index (κ1) is 10.7. The van der Waals surface area contributed by atoms with Crippen LogP contribution in [0, 0.1) is 6.92 Å². The number of aromatic amines is 1. The molecule has 0 aliphatic heterocycles. The Morgan fingerprint density at radius 3 is 2.88 bits per heavy atom. The van der Waals surface area contributed by atoms with Crippen LogP contribution in [-0.2, 0) is 4.79 Å². The predicted octanol–water partition coefficient (Wildman–Crippen LogP) is 1.95. The molecular formula is C12H14N2O2. The molecule has 84 valence electrons. The number of para-hydroxylation sites is 1. The van der Waals surface area contributed by atoms with E-state index >= 15 is 0 Å². The Balaban J connectivity index is 2.50. The van der Waals surface area contributed by atoms with Crippen molar-refractivity contribution >= 4 is 16.9 Å². The highest BCUT2D eigenvalue weighted by atomic mass is 16.4. The number of hydrogen-bond donors (Lipinski definition) is 3. The molecule has 1 heterocycles. The zero-order chi connectivity index (χ0) is 11.7. The van der Waals surface area contributed by atoms with Gasteiger partial charge in [-0.05, 0) is 18.6 Å². The normalized spacial score (nSPS) is 12.9. The molecule has 0 unspecified atom stereocenters. The Hall–Kier alpha value is -1.81. The largest absolute Gasteiger partial charge is 0.481 e. The monoisotopic (exact) mass is 218 g/mol. The lowest BCUT2D eigenvalue weighted by molar-refractivity contribution is -0.137. The lowest BCUT2D eigenvalue weighted by Gasteiger charge is -2.09. The van der Waals surface area contributed by atoms with Crippen LogP contribution < -0.4 is 5.73 Å². The van der Waals surface area contributed by atoms with Gasteiger partial charge in [0.15, 0.2) is 0 Å². The van der Waals surface area contributed by atoms with Crippen LogP contribution in [0.4, 0.5) is 0 Å². The van der Waals surface area contributed by atoms with Crippen LogP contribution >= 0.6 is 0 Å². The second-order valence-corrected chi connectivity index (χ2v) is 3.91. The summed E-state index contributed by atoms with van der Waals surface area (Å²) in [6, 6.07) is 7.31. The summed E-state index contributed by atoms with van der Waals surface area (Å²) in [5.74, 6) is -0.878. The van der Waals surface area contributed by atoms with Gasteiger partial charge in [-0.25, -0.2) is 0 Å². The molecule has 4 heteroatoms. The van der Waals surface area contributed by atoms with Gasteiger partial charge in [0.2, 0.25) is 0 Å². The van der Waals surface area contributed by atoms with Gasteiger partial charge in [0, 0.05) is 22.6 Å². The summed E-state index contributed by atoms with van der Waals surface area (Å²) in [7, 11) is 0. The summed E-state index contributed by atoms with van der Waals surface area (Å²) >= 11 is 0. The quantitative estimate of drug-likeness (QED) is 0.736. The van der Waals surface area contributed by atoms with Gasteiger partial charge >= 0.3 is 5.97 Å². The molecule has 0 saturated heterocycles. The summed E-state index contributed by atoms with van der Waals surface area (Å²) in [4.78, 5) is 13.9. The van der Waals surface area contributed by atoms with E-state index in [1.54, 1.807) is 0 Å². The highest BCUT2D eigenvalue weighted by Gasteiger charge is 2.17. The third-order valence-electron chi connectivity index (χ3n) is 2.71. The van der Waals surface area contributed by atoms with E-state index in [9.17, 15) is 4.79 Å². The van der Waals surface area contributed by atoms with E-state index in [1.165, 1.54) is 0 Å². The van der Waals surface area contributed by atoms with Crippen LogP contribution in [0.25, 0.3) is 10.9 Å². The summed E-state index contributed by atoms with van der Waals surface area (Å²) in [6.07, 6.45) is -0.0529. The molecule has 2 aromatic rings. The Bertz CT molecular complexity index is 531. The number of hydrogen-bond acceptors (Lipinski definition) is 2. The molecule has 0 aliphatic rings. The van der Waals surface area contributed by atoms with Gasteiger partial charge in [0.1, 0.15) is 0 Å². The van der Waals surface area contributed by atoms with Crippen molar-refractivity contribution in [3.8, 4) is 0 Å². The Morgan fingerprint density at radius 1 is 1.50 bits per heavy atom. The number of H-pyrrole nitrogens is 1. The fourth-order valence-corrected chi connectivity index (χ4v) is 2.07. The van der Waals surface area contributed by atoms with Crippen LogP contribution in [0.5, 0.6) is 0 Å². The van der Waals surface area contributed by atoms with E-state index in [0.29, 0.717) is 0 Å². The van der Waals surface area contributed by atoms with Gasteiger partial charge < -0.3 is 15.8 Å². The van der Waals surface area contributed by atoms with E-state index in [2.05, 4.69) is 4.98 Å². The van der Waals surface area contributed by atoms with E-state index < -0.39 is 12.0 Å². The second kappa shape index (κ2) is 3.98. The number of aryl methyl sites for hydroxylation is 1. The van der Waals surface area contributed by atoms with Crippen molar-refractivity contribution in [2.45, 2.75) is 19.4 Å². The lowest BCUT2D eigenvalue weighted by Crippen LogP contribution is -2.15. The van der Waals surface area contributed by atoms with Crippen LogP contribution in [0.3, 0.4) is 0 Å². The molecule has 0 radical (unpaired) electrons. The number of carboxylic acid groups (broad SMARTS) is 1. The third kappa shape index (κ3) is 1.79. The Morgan fingerprint density at radius 2 is 2.19 bits per heavy atom. The van der Waals surface area contributed by atoms with Gasteiger partial charge in [-0.1, -0.05) is 18.2 Å². The second-order valence-electron chi connectivity index (χ2n) is 3.91. The smallest absolute Gasteiger partial charge is 0.305 e. The topological polar surface area (TPSA) is 79.1 Å². The molecule has 1 aromatic carbocycles. The fraction of sp³-hybridized carbons (Fsp3) is 0.250. The first-order valence-electron chi connectivity index (χ1n) is 5.14. The molecule has 0 bridgehead atoms. The van der Waals surface area contributed by atoms with Crippen molar-refractivity contribution in [1.29, 1.82) is 0 Å². The summed E-state index contributed by atoms with van der Waals surface area (Å²) < 4.78 is 0. The van der Waals surface area contributed by atoms with E-state index in [1.807, 2.05) is 31.2 Å². The number of benzene rings is 1. The SMILES string of the molecule is Cc1[nH]c2ccccc2c1[C@H](N)CC(=O)O. The average molecular weight is 218 g/mol. The lowest BCUT2D eigenvalue weighted by atomic mass is 10.0. The molecule has 16 heavy (non-hydrogen) atoms. The highest BCUT2D eigenvalue weighted by Crippen LogP contribution is 2.27. The van der Waals surface area contributed by atoms with Crippen molar-refractivity contribution in [1.82, 2.24) is 4.98 Å². The number of nitrogens with one attached hydrogen (secondary N) is 1. The van der Waals surface area contributed by atoms with E-state index in [-0.39, 0.29) is 6.42 Å². The van der Waals surface area contributed by atoms with Crippen molar-refractivity contribution in [3.63, 3.8) is 0 Å². The molecule has 0 spiro atoms. The first-order valence-corrected chi connectivity index (χ1v) is 5.14. The zero-order valence-corrected chi connectivity index (χ0v) is 9.03. The number of rotatable bonds is 3. The Labute approximate surface area is 93.1 Å².